The van der Waals surface area contributed by atoms with Crippen molar-refractivity contribution in [2.24, 2.45) is 0 Å². The molecule has 0 aliphatic heterocycles. The van der Waals surface area contributed by atoms with Crippen molar-refractivity contribution in [3.8, 4) is 0 Å². The first-order valence-corrected chi connectivity index (χ1v) is 13.2. The molecule has 7 nitrogen and oxygen atoms in total. The number of urea groups is 1. The molecule has 1 atom stereocenters. The van der Waals surface area contributed by atoms with Crippen LogP contribution in [0.3, 0.4) is 0 Å². The van der Waals surface area contributed by atoms with Crippen LogP contribution < -0.4 is 5.32 Å². The fraction of sp³-hybridized carbons (Fsp3) is 0.400. The lowest BCUT2D eigenvalue weighted by molar-refractivity contribution is -0.134. The third kappa shape index (κ3) is 6.41. The summed E-state index contributed by atoms with van der Waals surface area (Å²) in [6.45, 7) is 7.70. The van der Waals surface area contributed by atoms with E-state index < -0.39 is 0 Å². The van der Waals surface area contributed by atoms with Crippen molar-refractivity contribution in [3.63, 3.8) is 0 Å². The molecule has 196 valence electrons. The summed E-state index contributed by atoms with van der Waals surface area (Å²) in [5, 5.41) is 4.38. The second kappa shape index (κ2) is 12.6. The number of fused-ring (bicyclic) bond motifs is 2. The number of esters is 1. The number of carbonyl (C=O) groups is 2. The van der Waals surface area contributed by atoms with Gasteiger partial charge in [-0.25, -0.2) is 9.59 Å². The average molecular weight is 503 g/mol. The van der Waals surface area contributed by atoms with Crippen LogP contribution in [-0.2, 0) is 22.4 Å². The van der Waals surface area contributed by atoms with E-state index in [4.69, 9.17) is 4.74 Å². The van der Waals surface area contributed by atoms with E-state index in [1.54, 1.807) is 6.08 Å². The van der Waals surface area contributed by atoms with Crippen LogP contribution in [-0.4, -0.2) is 66.6 Å². The van der Waals surface area contributed by atoms with Gasteiger partial charge in [0.15, 0.2) is 0 Å². The van der Waals surface area contributed by atoms with Crippen LogP contribution in [0.5, 0.6) is 0 Å². The molecule has 1 aliphatic carbocycles. The summed E-state index contributed by atoms with van der Waals surface area (Å²) in [5.41, 5.74) is 6.13. The van der Waals surface area contributed by atoms with E-state index in [0.717, 1.165) is 43.4 Å². The molecule has 1 unspecified atom stereocenters. The quantitative estimate of drug-likeness (QED) is 0.288. The Balaban J connectivity index is 1.49. The van der Waals surface area contributed by atoms with Crippen LogP contribution >= 0.6 is 0 Å². The molecular weight excluding hydrogens is 464 g/mol. The van der Waals surface area contributed by atoms with Gasteiger partial charge < -0.3 is 19.9 Å². The topological polar surface area (TPSA) is 77.7 Å². The van der Waals surface area contributed by atoms with Gasteiger partial charge in [-0.2, -0.15) is 0 Å². The first-order valence-electron chi connectivity index (χ1n) is 13.2. The highest BCUT2D eigenvalue weighted by Crippen LogP contribution is 2.36. The third-order valence-corrected chi connectivity index (χ3v) is 7.34. The lowest BCUT2D eigenvalue weighted by atomic mass is 10.0. The van der Waals surface area contributed by atoms with Crippen molar-refractivity contribution in [2.75, 3.05) is 39.8 Å². The number of aromatic amines is 1. The normalized spacial score (nSPS) is 14.9. The van der Waals surface area contributed by atoms with Crippen molar-refractivity contribution < 1.29 is 14.3 Å². The van der Waals surface area contributed by atoms with Gasteiger partial charge in [-0.1, -0.05) is 36.4 Å². The number of amides is 2. The smallest absolute Gasteiger partial charge is 0.330 e. The van der Waals surface area contributed by atoms with Crippen LogP contribution in [0.25, 0.3) is 17.0 Å². The molecule has 0 bridgehead atoms. The Kier molecular flexibility index (Phi) is 9.01. The van der Waals surface area contributed by atoms with Crippen LogP contribution in [0.4, 0.5) is 4.79 Å². The molecule has 0 saturated heterocycles. The lowest BCUT2D eigenvalue weighted by Gasteiger charge is -2.30. The van der Waals surface area contributed by atoms with E-state index in [0.29, 0.717) is 25.7 Å². The summed E-state index contributed by atoms with van der Waals surface area (Å²) in [5.74, 6) is -0.353. The number of hydrogen-bond donors (Lipinski definition) is 2. The number of ether oxygens (including phenoxy) is 1. The Hall–Kier alpha value is -3.58. The second-order valence-corrected chi connectivity index (χ2v) is 9.42. The van der Waals surface area contributed by atoms with Crippen molar-refractivity contribution in [1.82, 2.24) is 20.1 Å². The fourth-order valence-corrected chi connectivity index (χ4v) is 5.29. The van der Waals surface area contributed by atoms with Gasteiger partial charge in [0.25, 0.3) is 0 Å². The summed E-state index contributed by atoms with van der Waals surface area (Å²) in [6, 6.07) is 15.1. The number of aryl methyl sites for hydroxylation is 1. The second-order valence-electron chi connectivity index (χ2n) is 9.42. The van der Waals surface area contributed by atoms with Gasteiger partial charge in [-0.3, -0.25) is 4.90 Å². The molecule has 4 rings (SSSR count). The predicted octanol–water partition coefficient (Wildman–Crippen LogP) is 4.94. The lowest BCUT2D eigenvalue weighted by Crippen LogP contribution is -2.43. The highest BCUT2D eigenvalue weighted by atomic mass is 16.5. The van der Waals surface area contributed by atoms with E-state index in [1.165, 1.54) is 35.3 Å². The average Bonchev–Trinajstić information content (AvgIpc) is 3.54. The van der Waals surface area contributed by atoms with Crippen molar-refractivity contribution >= 4 is 29.0 Å². The Morgan fingerprint density at radius 2 is 1.95 bits per heavy atom. The molecule has 0 saturated carbocycles. The van der Waals surface area contributed by atoms with Gasteiger partial charge in [-0.05, 0) is 67.5 Å². The van der Waals surface area contributed by atoms with E-state index in [2.05, 4.69) is 63.9 Å². The number of methoxy groups -OCH3 is 1. The molecule has 1 aliphatic rings. The molecule has 1 aromatic heterocycles. The first kappa shape index (κ1) is 26.5. The van der Waals surface area contributed by atoms with E-state index in [-0.39, 0.29) is 12.0 Å². The Labute approximate surface area is 219 Å². The molecule has 0 radical (unpaired) electrons. The van der Waals surface area contributed by atoms with E-state index in [1.807, 2.05) is 18.7 Å². The number of hydrogen-bond acceptors (Lipinski definition) is 4. The molecule has 0 spiro atoms. The van der Waals surface area contributed by atoms with Crippen molar-refractivity contribution in [2.45, 2.75) is 39.2 Å². The van der Waals surface area contributed by atoms with Crippen molar-refractivity contribution in [3.05, 3.63) is 77.0 Å². The standard InChI is InChI=1S/C30H38N4O3/c1-4-33(5-2)30(36)31-17-19-34(18-16-24-21-32-27-9-7-6-8-25(24)27)28-14-12-23-20-22(10-13-26(23)28)11-15-29(35)37-3/h6-11,13,15,20-21,28,32H,4-5,12,14,16-19H2,1-3H3,(H,31,36). The summed E-state index contributed by atoms with van der Waals surface area (Å²) >= 11 is 0. The summed E-state index contributed by atoms with van der Waals surface area (Å²) in [6.07, 6.45) is 8.34. The maximum atomic E-state index is 12.5. The van der Waals surface area contributed by atoms with Gasteiger partial charge in [0, 0.05) is 61.9 Å². The minimum absolute atomic E-state index is 0.00423. The van der Waals surface area contributed by atoms with Crippen LogP contribution in [0.15, 0.2) is 54.7 Å². The molecule has 2 aromatic carbocycles. The first-order chi connectivity index (χ1) is 18.0. The number of benzene rings is 2. The number of nitrogens with one attached hydrogen (secondary N) is 2. The number of para-hydroxylation sites is 1. The summed E-state index contributed by atoms with van der Waals surface area (Å²) in [7, 11) is 1.38. The zero-order chi connectivity index (χ0) is 26.2. The van der Waals surface area contributed by atoms with Gasteiger partial charge in [0.1, 0.15) is 0 Å². The highest BCUT2D eigenvalue weighted by Gasteiger charge is 2.28. The molecular formula is C30H38N4O3. The Morgan fingerprint density at radius 3 is 2.73 bits per heavy atom. The fourth-order valence-electron chi connectivity index (χ4n) is 5.29. The number of carbonyl (C=O) groups excluding carboxylic acids is 2. The molecule has 2 N–H and O–H groups in total. The zero-order valence-electron chi connectivity index (χ0n) is 22.1. The van der Waals surface area contributed by atoms with Crippen LogP contribution in [0, 0.1) is 0 Å². The largest absolute Gasteiger partial charge is 0.466 e. The van der Waals surface area contributed by atoms with Gasteiger partial charge in [0.2, 0.25) is 0 Å². The zero-order valence-corrected chi connectivity index (χ0v) is 22.1. The predicted molar refractivity (Wildman–Crippen MR) is 148 cm³/mol. The van der Waals surface area contributed by atoms with Crippen LogP contribution in [0.2, 0.25) is 0 Å². The maximum absolute atomic E-state index is 12.5. The molecule has 0 fully saturated rings. The highest BCUT2D eigenvalue weighted by molar-refractivity contribution is 5.87. The summed E-state index contributed by atoms with van der Waals surface area (Å²) < 4.78 is 4.71. The number of nitrogens with zero attached hydrogens (tertiary/aromatic N) is 2. The molecule has 2 amide bonds. The SMILES string of the molecule is CCN(CC)C(=O)NCCN(CCc1c[nH]c2ccccc12)C1CCc2cc(C=CC(=O)OC)ccc21. The molecule has 3 aromatic rings. The van der Waals surface area contributed by atoms with Crippen molar-refractivity contribution in [1.29, 1.82) is 0 Å². The van der Waals surface area contributed by atoms with E-state index >= 15 is 0 Å². The number of rotatable bonds is 11. The number of aromatic nitrogens is 1. The van der Waals surface area contributed by atoms with Crippen LogP contribution in [0.1, 0.15) is 48.6 Å². The monoisotopic (exact) mass is 502 g/mol. The van der Waals surface area contributed by atoms with Gasteiger partial charge in [0.05, 0.1) is 7.11 Å². The maximum Gasteiger partial charge on any atom is 0.330 e. The molecule has 1 heterocycles. The van der Waals surface area contributed by atoms with Gasteiger partial charge in [-0.15, -0.1) is 0 Å². The number of H-pyrrole nitrogens is 1. The minimum atomic E-state index is -0.353. The summed E-state index contributed by atoms with van der Waals surface area (Å²) in [4.78, 5) is 31.7. The third-order valence-electron chi connectivity index (χ3n) is 7.34. The minimum Gasteiger partial charge on any atom is -0.466 e. The van der Waals surface area contributed by atoms with E-state index in [9.17, 15) is 9.59 Å². The van der Waals surface area contributed by atoms with Gasteiger partial charge >= 0.3 is 12.0 Å². The Morgan fingerprint density at radius 1 is 1.14 bits per heavy atom. The molecule has 37 heavy (non-hydrogen) atoms. The Bertz CT molecular complexity index is 1240. The molecule has 7 heteroatoms.